The van der Waals surface area contributed by atoms with Crippen molar-refractivity contribution in [3.63, 3.8) is 0 Å². The van der Waals surface area contributed by atoms with Crippen molar-refractivity contribution in [1.82, 2.24) is 0 Å². The Morgan fingerprint density at radius 1 is 1.70 bits per heavy atom. The number of carbonyl (C=O) groups excluding carboxylic acids is 1. The second-order valence-corrected chi connectivity index (χ2v) is 1.61. The maximum atomic E-state index is 10.1. The van der Waals surface area contributed by atoms with E-state index in [9.17, 15) is 4.79 Å². The Bertz CT molecular complexity index is 170. The highest BCUT2D eigenvalue weighted by atomic mass is 16.1. The molecule has 0 aliphatic carbocycles. The van der Waals surface area contributed by atoms with Crippen molar-refractivity contribution >= 4 is 18.2 Å². The van der Waals surface area contributed by atoms with Crippen LogP contribution in [0.1, 0.15) is 6.42 Å². The Labute approximate surface area is 60.0 Å². The van der Waals surface area contributed by atoms with Gasteiger partial charge in [0.25, 0.3) is 0 Å². The van der Waals surface area contributed by atoms with E-state index in [2.05, 4.69) is 4.99 Å². The Kier molecular flexibility index (Phi) is 5.14. The number of aliphatic imine (C=N–C) groups is 1. The van der Waals surface area contributed by atoms with Gasteiger partial charge >= 0.3 is 0 Å². The molecule has 0 atom stereocenters. The minimum Gasteiger partial charge on any atom is -0.313 e. The summed E-state index contributed by atoms with van der Waals surface area (Å²) < 4.78 is 0. The molecule has 3 nitrogen and oxygen atoms in total. The molecule has 0 aromatic heterocycles. The number of hydrogen-bond donors (Lipinski definition) is 1. The Hall–Kier alpha value is -1.25. The molecule has 1 N–H and O–H groups in total. The fraction of sp³-hybridized carbons (Fsp3) is 0.286. The van der Waals surface area contributed by atoms with Crippen LogP contribution in [0, 0.1) is 5.41 Å². The molecule has 0 rings (SSSR count). The van der Waals surface area contributed by atoms with Crippen molar-refractivity contribution in [3.8, 4) is 0 Å². The van der Waals surface area contributed by atoms with Crippen molar-refractivity contribution in [2.45, 2.75) is 6.42 Å². The molecule has 10 heavy (non-hydrogen) atoms. The number of hydrogen-bond acceptors (Lipinski definition) is 3. The first-order chi connectivity index (χ1) is 4.85. The predicted octanol–water partition coefficient (Wildman–Crippen LogP) is 0.852. The highest BCUT2D eigenvalue weighted by molar-refractivity contribution is 6.33. The van der Waals surface area contributed by atoms with E-state index in [-0.39, 0.29) is 0 Å². The molecule has 0 aromatic rings. The van der Waals surface area contributed by atoms with E-state index in [1.54, 1.807) is 19.2 Å². The third-order valence-electron chi connectivity index (χ3n) is 0.921. The zero-order valence-corrected chi connectivity index (χ0v) is 5.87. The first-order valence-electron chi connectivity index (χ1n) is 2.92. The summed E-state index contributed by atoms with van der Waals surface area (Å²) >= 11 is 0. The molecule has 0 aliphatic rings. The lowest BCUT2D eigenvalue weighted by molar-refractivity contribution is -0.102. The summed E-state index contributed by atoms with van der Waals surface area (Å²) in [5.41, 5.74) is 0.404. The molecule has 0 unspecified atom stereocenters. The maximum absolute atomic E-state index is 10.1. The summed E-state index contributed by atoms with van der Waals surface area (Å²) in [4.78, 5) is 13.8. The van der Waals surface area contributed by atoms with Crippen molar-refractivity contribution in [1.29, 1.82) is 5.41 Å². The average Bonchev–Trinajstić information content (AvgIpc) is 1.99. The van der Waals surface area contributed by atoms with Crippen molar-refractivity contribution in [2.75, 3.05) is 7.05 Å². The van der Waals surface area contributed by atoms with Crippen LogP contribution in [0.2, 0.25) is 0 Å². The lowest BCUT2D eigenvalue weighted by Gasteiger charge is -1.82. The standard InChI is InChI=1S/C7H10N2O/c1-9-7(6-10)4-2-3-5-8/h2,4-6,8H,3H2,1H3/b4-2-,8-5?,9-7+. The second-order valence-electron chi connectivity index (χ2n) is 1.61. The van der Waals surface area contributed by atoms with Gasteiger partial charge in [-0.15, -0.1) is 0 Å². The van der Waals surface area contributed by atoms with E-state index in [1.165, 1.54) is 6.21 Å². The summed E-state index contributed by atoms with van der Waals surface area (Å²) in [6.07, 6.45) is 5.80. The van der Waals surface area contributed by atoms with Gasteiger partial charge in [0.15, 0.2) is 6.29 Å². The third kappa shape index (κ3) is 3.72. The SMILES string of the molecule is C/N=C(C=O)\C=C/CC=N. The van der Waals surface area contributed by atoms with Crippen molar-refractivity contribution < 1.29 is 4.79 Å². The van der Waals surface area contributed by atoms with E-state index < -0.39 is 0 Å². The minimum atomic E-state index is 0.404. The Morgan fingerprint density at radius 3 is 2.80 bits per heavy atom. The molecule has 0 heterocycles. The van der Waals surface area contributed by atoms with Gasteiger partial charge in [0.05, 0.1) is 5.71 Å². The zero-order valence-electron chi connectivity index (χ0n) is 5.87. The van der Waals surface area contributed by atoms with E-state index in [1.807, 2.05) is 0 Å². The van der Waals surface area contributed by atoms with Crippen LogP contribution in [0.5, 0.6) is 0 Å². The molecule has 0 amide bonds. The molecule has 0 spiro atoms. The lowest BCUT2D eigenvalue weighted by Crippen LogP contribution is -1.92. The van der Waals surface area contributed by atoms with Gasteiger partial charge in [0, 0.05) is 13.5 Å². The van der Waals surface area contributed by atoms with Crippen LogP contribution in [0.15, 0.2) is 17.1 Å². The van der Waals surface area contributed by atoms with Crippen LogP contribution < -0.4 is 0 Å². The topological polar surface area (TPSA) is 53.3 Å². The molecule has 0 saturated carbocycles. The summed E-state index contributed by atoms with van der Waals surface area (Å²) in [7, 11) is 1.55. The van der Waals surface area contributed by atoms with Crippen LogP contribution in [0.25, 0.3) is 0 Å². The zero-order chi connectivity index (χ0) is 7.82. The van der Waals surface area contributed by atoms with Gasteiger partial charge in [-0.25, -0.2) is 0 Å². The lowest BCUT2D eigenvalue weighted by atomic mass is 10.3. The number of nitrogens with one attached hydrogen (secondary N) is 1. The van der Waals surface area contributed by atoms with Crippen LogP contribution in [-0.2, 0) is 4.79 Å². The second kappa shape index (κ2) is 5.88. The monoisotopic (exact) mass is 138 g/mol. The predicted molar refractivity (Wildman–Crippen MR) is 42.0 cm³/mol. The van der Waals surface area contributed by atoms with Gasteiger partial charge < -0.3 is 5.41 Å². The Balaban J connectivity index is 3.84. The average molecular weight is 138 g/mol. The fourth-order valence-corrected chi connectivity index (χ4v) is 0.423. The van der Waals surface area contributed by atoms with E-state index >= 15 is 0 Å². The number of carbonyl (C=O) groups is 1. The van der Waals surface area contributed by atoms with Crippen LogP contribution in [0.3, 0.4) is 0 Å². The van der Waals surface area contributed by atoms with Crippen LogP contribution in [-0.4, -0.2) is 25.3 Å². The number of rotatable bonds is 4. The summed E-state index contributed by atoms with van der Waals surface area (Å²) in [6.45, 7) is 0. The van der Waals surface area contributed by atoms with Gasteiger partial charge in [-0.1, -0.05) is 6.08 Å². The van der Waals surface area contributed by atoms with Gasteiger partial charge in [0.2, 0.25) is 0 Å². The summed E-state index contributed by atoms with van der Waals surface area (Å²) in [5, 5.41) is 6.66. The molecule has 0 fully saturated rings. The first kappa shape index (κ1) is 8.75. The minimum absolute atomic E-state index is 0.404. The largest absolute Gasteiger partial charge is 0.313 e. The van der Waals surface area contributed by atoms with Gasteiger partial charge in [-0.05, 0) is 12.3 Å². The molecule has 0 radical (unpaired) electrons. The highest BCUT2D eigenvalue weighted by Gasteiger charge is 1.83. The fourth-order valence-electron chi connectivity index (χ4n) is 0.423. The van der Waals surface area contributed by atoms with Gasteiger partial charge in [-0.2, -0.15) is 0 Å². The van der Waals surface area contributed by atoms with Crippen LogP contribution in [0.4, 0.5) is 0 Å². The molecular formula is C7H10N2O. The number of aldehydes is 1. The van der Waals surface area contributed by atoms with E-state index in [0.717, 1.165) is 0 Å². The van der Waals surface area contributed by atoms with E-state index in [0.29, 0.717) is 18.4 Å². The molecule has 0 aliphatic heterocycles. The molecular weight excluding hydrogens is 128 g/mol. The molecule has 0 bridgehead atoms. The van der Waals surface area contributed by atoms with E-state index in [4.69, 9.17) is 5.41 Å². The number of nitrogens with zero attached hydrogens (tertiary/aromatic N) is 1. The number of allylic oxidation sites excluding steroid dienone is 2. The Morgan fingerprint density at radius 2 is 2.40 bits per heavy atom. The quantitative estimate of drug-likeness (QED) is 0.454. The smallest absolute Gasteiger partial charge is 0.167 e. The van der Waals surface area contributed by atoms with Gasteiger partial charge in [-0.3, -0.25) is 9.79 Å². The molecule has 0 saturated heterocycles. The maximum Gasteiger partial charge on any atom is 0.167 e. The van der Waals surface area contributed by atoms with Crippen molar-refractivity contribution in [2.24, 2.45) is 4.99 Å². The summed E-state index contributed by atoms with van der Waals surface area (Å²) in [6, 6.07) is 0. The molecule has 54 valence electrons. The third-order valence-corrected chi connectivity index (χ3v) is 0.921. The molecule has 0 aromatic carbocycles. The van der Waals surface area contributed by atoms with Gasteiger partial charge in [0.1, 0.15) is 0 Å². The molecule has 3 heteroatoms. The first-order valence-corrected chi connectivity index (χ1v) is 2.92. The summed E-state index contributed by atoms with van der Waals surface area (Å²) in [5.74, 6) is 0. The van der Waals surface area contributed by atoms with Crippen LogP contribution >= 0.6 is 0 Å². The van der Waals surface area contributed by atoms with Crippen molar-refractivity contribution in [3.05, 3.63) is 12.2 Å². The highest BCUT2D eigenvalue weighted by Crippen LogP contribution is 1.80. The normalized spacial score (nSPS) is 11.9.